The van der Waals surface area contributed by atoms with E-state index in [4.69, 9.17) is 0 Å². The number of carbonyl (C=O) groups excluding carboxylic acids is 2. The second-order valence-corrected chi connectivity index (χ2v) is 7.30. The number of urea groups is 1. The Hall–Kier alpha value is -2.83. The molecule has 0 unspecified atom stereocenters. The zero-order chi connectivity index (χ0) is 19.8. The molecular weight excluding hydrogens is 354 g/mol. The average molecular weight is 383 g/mol. The van der Waals surface area contributed by atoms with Gasteiger partial charge in [0.1, 0.15) is 0 Å². The number of likely N-dealkylation sites (tertiary alicyclic amines) is 1. The maximum atomic E-state index is 12.7. The van der Waals surface area contributed by atoms with Crippen LogP contribution in [0.4, 0.5) is 10.5 Å². The van der Waals surface area contributed by atoms with Crippen LogP contribution in [0.2, 0.25) is 0 Å². The molecule has 1 aromatic carbocycles. The average Bonchev–Trinajstić information content (AvgIpc) is 2.93. The number of aromatic nitrogens is 2. The van der Waals surface area contributed by atoms with Gasteiger partial charge in [-0.3, -0.25) is 9.48 Å². The molecule has 0 atom stereocenters. The Morgan fingerprint density at radius 1 is 1.14 bits per heavy atom. The van der Waals surface area contributed by atoms with Crippen LogP contribution in [-0.4, -0.2) is 46.3 Å². The van der Waals surface area contributed by atoms with E-state index in [-0.39, 0.29) is 11.9 Å². The summed E-state index contributed by atoms with van der Waals surface area (Å²) < 4.78 is 1.87. The highest BCUT2D eigenvalue weighted by atomic mass is 16.2. The Balaban J connectivity index is 1.46. The number of rotatable bonds is 6. The third kappa shape index (κ3) is 5.84. The fraction of sp³-hybridized carbons (Fsp3) is 0.476. The lowest BCUT2D eigenvalue weighted by Gasteiger charge is -2.20. The fourth-order valence-electron chi connectivity index (χ4n) is 3.39. The van der Waals surface area contributed by atoms with Crippen molar-refractivity contribution >= 4 is 17.6 Å². The number of hydrogen-bond acceptors (Lipinski definition) is 3. The van der Waals surface area contributed by atoms with E-state index >= 15 is 0 Å². The van der Waals surface area contributed by atoms with E-state index < -0.39 is 0 Å². The van der Waals surface area contributed by atoms with Crippen LogP contribution in [0.1, 0.15) is 48.0 Å². The van der Waals surface area contributed by atoms with Crippen LogP contribution in [0.5, 0.6) is 0 Å². The Labute approximate surface area is 166 Å². The topological polar surface area (TPSA) is 79.3 Å². The summed E-state index contributed by atoms with van der Waals surface area (Å²) in [5.74, 6) is 0.0421. The third-order valence-corrected chi connectivity index (χ3v) is 4.87. The van der Waals surface area contributed by atoms with E-state index in [0.29, 0.717) is 17.8 Å². The van der Waals surface area contributed by atoms with Gasteiger partial charge in [0.15, 0.2) is 0 Å². The number of aryl methyl sites for hydroxylation is 2. The van der Waals surface area contributed by atoms with Gasteiger partial charge in [-0.15, -0.1) is 0 Å². The molecule has 2 N–H and O–H groups in total. The molecule has 0 spiro atoms. The number of amides is 3. The summed E-state index contributed by atoms with van der Waals surface area (Å²) in [5.41, 5.74) is 2.37. The largest absolute Gasteiger partial charge is 0.339 e. The molecule has 0 bridgehead atoms. The molecule has 150 valence electrons. The molecule has 1 aliphatic rings. The molecule has 7 heteroatoms. The lowest BCUT2D eigenvalue weighted by molar-refractivity contribution is 0.0761. The quantitative estimate of drug-likeness (QED) is 0.750. The standard InChI is InChI=1S/C21H29N5O2/c1-17-15-23-26(16-17)13-7-10-22-21(28)24-19-9-6-8-18(14-19)20(27)25-11-4-2-3-5-12-25/h6,8-9,14-16H,2-5,7,10-13H2,1H3,(H2,22,24,28). The van der Waals surface area contributed by atoms with Gasteiger partial charge in [0.25, 0.3) is 5.91 Å². The monoisotopic (exact) mass is 383 g/mol. The van der Waals surface area contributed by atoms with Gasteiger partial charge in [0, 0.05) is 43.6 Å². The van der Waals surface area contributed by atoms with E-state index in [0.717, 1.165) is 44.5 Å². The molecule has 2 heterocycles. The van der Waals surface area contributed by atoms with E-state index in [1.165, 1.54) is 12.8 Å². The smallest absolute Gasteiger partial charge is 0.319 e. The number of carbonyl (C=O) groups is 2. The van der Waals surface area contributed by atoms with E-state index in [9.17, 15) is 9.59 Å². The minimum atomic E-state index is -0.268. The first-order valence-corrected chi connectivity index (χ1v) is 10.0. The molecule has 0 radical (unpaired) electrons. The minimum absolute atomic E-state index is 0.0421. The molecule has 3 rings (SSSR count). The second kappa shape index (κ2) is 9.92. The van der Waals surface area contributed by atoms with Crippen molar-refractivity contribution in [3.05, 3.63) is 47.8 Å². The van der Waals surface area contributed by atoms with E-state index in [1.54, 1.807) is 18.2 Å². The molecule has 3 amide bonds. The number of benzene rings is 1. The van der Waals surface area contributed by atoms with Gasteiger partial charge >= 0.3 is 6.03 Å². The Kier molecular flexibility index (Phi) is 7.06. The van der Waals surface area contributed by atoms with Crippen molar-refractivity contribution in [1.82, 2.24) is 20.0 Å². The van der Waals surface area contributed by atoms with Crippen LogP contribution in [0.15, 0.2) is 36.7 Å². The van der Waals surface area contributed by atoms with Gasteiger partial charge in [-0.1, -0.05) is 18.9 Å². The summed E-state index contributed by atoms with van der Waals surface area (Å²) in [6.45, 7) is 4.94. The highest BCUT2D eigenvalue weighted by Gasteiger charge is 2.17. The molecule has 1 saturated heterocycles. The van der Waals surface area contributed by atoms with Crippen molar-refractivity contribution in [3.8, 4) is 0 Å². The van der Waals surface area contributed by atoms with Crippen molar-refractivity contribution in [3.63, 3.8) is 0 Å². The Morgan fingerprint density at radius 2 is 1.93 bits per heavy atom. The van der Waals surface area contributed by atoms with Gasteiger partial charge in [0.2, 0.25) is 0 Å². The normalized spacial score (nSPS) is 14.4. The van der Waals surface area contributed by atoms with Crippen LogP contribution in [-0.2, 0) is 6.54 Å². The summed E-state index contributed by atoms with van der Waals surface area (Å²) in [6.07, 6.45) is 9.08. The lowest BCUT2D eigenvalue weighted by Crippen LogP contribution is -2.32. The maximum Gasteiger partial charge on any atom is 0.319 e. The van der Waals surface area contributed by atoms with Crippen LogP contribution in [0.3, 0.4) is 0 Å². The number of nitrogens with one attached hydrogen (secondary N) is 2. The van der Waals surface area contributed by atoms with Gasteiger partial charge < -0.3 is 15.5 Å². The minimum Gasteiger partial charge on any atom is -0.339 e. The van der Waals surface area contributed by atoms with Crippen molar-refractivity contribution < 1.29 is 9.59 Å². The first kappa shape index (κ1) is 19.9. The van der Waals surface area contributed by atoms with Crippen molar-refractivity contribution in [1.29, 1.82) is 0 Å². The summed E-state index contributed by atoms with van der Waals surface area (Å²) in [6, 6.07) is 6.89. The van der Waals surface area contributed by atoms with Crippen molar-refractivity contribution in [2.45, 2.75) is 45.6 Å². The molecule has 28 heavy (non-hydrogen) atoms. The molecule has 1 aliphatic heterocycles. The van der Waals surface area contributed by atoms with Gasteiger partial charge in [-0.05, 0) is 49.9 Å². The van der Waals surface area contributed by atoms with E-state index in [1.807, 2.05) is 35.0 Å². The van der Waals surface area contributed by atoms with Crippen LogP contribution >= 0.6 is 0 Å². The molecule has 1 aromatic heterocycles. The zero-order valence-electron chi connectivity index (χ0n) is 16.5. The number of anilines is 1. The highest BCUT2D eigenvalue weighted by molar-refractivity contribution is 5.96. The first-order valence-electron chi connectivity index (χ1n) is 10.0. The summed E-state index contributed by atoms with van der Waals surface area (Å²) in [5, 5.41) is 9.88. The third-order valence-electron chi connectivity index (χ3n) is 4.87. The van der Waals surface area contributed by atoms with Crippen LogP contribution < -0.4 is 10.6 Å². The summed E-state index contributed by atoms with van der Waals surface area (Å²) >= 11 is 0. The fourth-order valence-corrected chi connectivity index (χ4v) is 3.39. The second-order valence-electron chi connectivity index (χ2n) is 7.30. The van der Waals surface area contributed by atoms with Crippen molar-refractivity contribution in [2.24, 2.45) is 0 Å². The molecule has 0 aliphatic carbocycles. The predicted molar refractivity (Wildman–Crippen MR) is 109 cm³/mol. The Bertz CT molecular complexity index is 794. The number of hydrogen-bond donors (Lipinski definition) is 2. The first-order chi connectivity index (χ1) is 13.6. The summed E-state index contributed by atoms with van der Waals surface area (Å²) in [7, 11) is 0. The lowest BCUT2D eigenvalue weighted by atomic mass is 10.1. The molecular formula is C21H29N5O2. The zero-order valence-corrected chi connectivity index (χ0v) is 16.5. The van der Waals surface area contributed by atoms with Crippen LogP contribution in [0, 0.1) is 6.92 Å². The SMILES string of the molecule is Cc1cnn(CCCNC(=O)Nc2cccc(C(=O)N3CCCCCC3)c2)c1. The number of nitrogens with zero attached hydrogens (tertiary/aromatic N) is 3. The molecule has 2 aromatic rings. The van der Waals surface area contributed by atoms with Crippen LogP contribution in [0.25, 0.3) is 0 Å². The van der Waals surface area contributed by atoms with Crippen molar-refractivity contribution in [2.75, 3.05) is 25.0 Å². The molecule has 1 fully saturated rings. The maximum absolute atomic E-state index is 12.7. The molecule has 0 saturated carbocycles. The Morgan fingerprint density at radius 3 is 2.64 bits per heavy atom. The van der Waals surface area contributed by atoms with E-state index in [2.05, 4.69) is 15.7 Å². The van der Waals surface area contributed by atoms with Gasteiger partial charge in [-0.25, -0.2) is 4.79 Å². The van der Waals surface area contributed by atoms with Gasteiger partial charge in [0.05, 0.1) is 6.20 Å². The highest BCUT2D eigenvalue weighted by Crippen LogP contribution is 2.16. The summed E-state index contributed by atoms with van der Waals surface area (Å²) in [4.78, 5) is 26.8. The van der Waals surface area contributed by atoms with Gasteiger partial charge in [-0.2, -0.15) is 5.10 Å². The molecule has 7 nitrogen and oxygen atoms in total. The predicted octanol–water partition coefficient (Wildman–Crippen LogP) is 3.42.